The van der Waals surface area contributed by atoms with Crippen LogP contribution in [0.25, 0.3) is 0 Å². The molecule has 0 aromatic carbocycles. The Hall–Kier alpha value is -0.810. The Labute approximate surface area is 204 Å². The number of ether oxygens (including phenoxy) is 3. The Kier molecular flexibility index (Phi) is 10.6. The van der Waals surface area contributed by atoms with Crippen LogP contribution in [0.2, 0.25) is 0 Å². The van der Waals surface area contributed by atoms with Gasteiger partial charge in [-0.1, -0.05) is 0 Å². The number of nitrogens with zero attached hydrogens (tertiary/aromatic N) is 3. The molecule has 1 N–H and O–H groups in total. The molecule has 0 bridgehead atoms. The molecule has 0 radical (unpaired) electrons. The fourth-order valence-corrected chi connectivity index (χ4v) is 4.36. The lowest BCUT2D eigenvalue weighted by atomic mass is 10.0. The molecule has 3 aliphatic heterocycles. The van der Waals surface area contributed by atoms with E-state index < -0.39 is 5.60 Å². The van der Waals surface area contributed by atoms with Gasteiger partial charge in [0.25, 0.3) is 0 Å². The van der Waals surface area contributed by atoms with Crippen LogP contribution in [-0.2, 0) is 14.2 Å². The summed E-state index contributed by atoms with van der Waals surface area (Å²) in [5.41, 5.74) is -0.484. The van der Waals surface area contributed by atoms with Gasteiger partial charge in [-0.3, -0.25) is 4.99 Å². The van der Waals surface area contributed by atoms with Gasteiger partial charge in [-0.15, -0.1) is 24.0 Å². The van der Waals surface area contributed by atoms with Crippen LogP contribution in [0.3, 0.4) is 0 Å². The lowest BCUT2D eigenvalue weighted by Crippen LogP contribution is -2.54. The van der Waals surface area contributed by atoms with Gasteiger partial charge in [-0.2, -0.15) is 0 Å². The molecule has 0 aromatic heterocycles. The molecule has 3 rings (SSSR count). The Bertz CT molecular complexity index is 593. The van der Waals surface area contributed by atoms with E-state index in [0.29, 0.717) is 13.2 Å². The minimum absolute atomic E-state index is 0. The molecule has 180 valence electrons. The second-order valence-electron chi connectivity index (χ2n) is 9.42. The molecular formula is C22H41IN4O4. The minimum atomic E-state index is -0.484. The summed E-state index contributed by atoms with van der Waals surface area (Å²) in [6.45, 7) is 13.1. The van der Waals surface area contributed by atoms with E-state index >= 15 is 0 Å². The van der Waals surface area contributed by atoms with Crippen molar-refractivity contribution >= 4 is 36.0 Å². The maximum atomic E-state index is 12.7. The Balaban J connectivity index is 0.00000341. The maximum absolute atomic E-state index is 12.7. The molecule has 0 saturated carbocycles. The van der Waals surface area contributed by atoms with Gasteiger partial charge in [0.05, 0.1) is 25.3 Å². The maximum Gasteiger partial charge on any atom is 0.410 e. The summed E-state index contributed by atoms with van der Waals surface area (Å²) in [6.07, 6.45) is 5.34. The molecule has 9 heteroatoms. The zero-order valence-corrected chi connectivity index (χ0v) is 21.9. The molecule has 3 aliphatic rings. The molecule has 1 amide bonds. The molecule has 3 heterocycles. The van der Waals surface area contributed by atoms with E-state index in [4.69, 9.17) is 19.2 Å². The molecule has 0 aliphatic carbocycles. The minimum Gasteiger partial charge on any atom is -0.444 e. The van der Waals surface area contributed by atoms with Crippen molar-refractivity contribution in [1.29, 1.82) is 0 Å². The van der Waals surface area contributed by atoms with Crippen molar-refractivity contribution in [3.05, 3.63) is 0 Å². The van der Waals surface area contributed by atoms with Crippen LogP contribution < -0.4 is 5.32 Å². The summed E-state index contributed by atoms with van der Waals surface area (Å²) >= 11 is 0. The van der Waals surface area contributed by atoms with Crippen molar-refractivity contribution in [2.24, 2.45) is 4.99 Å². The highest BCUT2D eigenvalue weighted by Crippen LogP contribution is 2.22. The largest absolute Gasteiger partial charge is 0.444 e. The first-order chi connectivity index (χ1) is 14.4. The van der Waals surface area contributed by atoms with Gasteiger partial charge >= 0.3 is 6.09 Å². The Morgan fingerprint density at radius 1 is 1.10 bits per heavy atom. The fourth-order valence-electron chi connectivity index (χ4n) is 4.36. The fraction of sp³-hybridized carbons (Fsp3) is 0.909. The average molecular weight is 552 g/mol. The first-order valence-electron chi connectivity index (χ1n) is 11.6. The van der Waals surface area contributed by atoms with E-state index in [9.17, 15) is 4.79 Å². The predicted octanol–water partition coefficient (Wildman–Crippen LogP) is 3.24. The molecule has 3 saturated heterocycles. The summed E-state index contributed by atoms with van der Waals surface area (Å²) < 4.78 is 17.5. The van der Waals surface area contributed by atoms with Gasteiger partial charge in [-0.05, 0) is 59.8 Å². The second kappa shape index (κ2) is 12.4. The predicted molar refractivity (Wildman–Crippen MR) is 132 cm³/mol. The third-order valence-electron chi connectivity index (χ3n) is 5.81. The van der Waals surface area contributed by atoms with E-state index in [-0.39, 0.29) is 48.3 Å². The lowest BCUT2D eigenvalue weighted by molar-refractivity contribution is -0.0817. The first kappa shape index (κ1) is 26.4. The van der Waals surface area contributed by atoms with Gasteiger partial charge < -0.3 is 29.3 Å². The third kappa shape index (κ3) is 7.92. The monoisotopic (exact) mass is 552 g/mol. The van der Waals surface area contributed by atoms with Crippen LogP contribution in [0.1, 0.15) is 59.8 Å². The van der Waals surface area contributed by atoms with E-state index in [1.807, 2.05) is 25.7 Å². The smallest absolute Gasteiger partial charge is 0.410 e. The normalized spacial score (nSPS) is 27.6. The highest BCUT2D eigenvalue weighted by Gasteiger charge is 2.33. The number of piperidine rings is 1. The van der Waals surface area contributed by atoms with E-state index in [1.54, 1.807) is 0 Å². The topological polar surface area (TPSA) is 75.6 Å². The second-order valence-corrected chi connectivity index (χ2v) is 9.42. The quantitative estimate of drug-likeness (QED) is 0.328. The summed E-state index contributed by atoms with van der Waals surface area (Å²) in [4.78, 5) is 21.8. The van der Waals surface area contributed by atoms with Gasteiger partial charge in [0.1, 0.15) is 11.7 Å². The van der Waals surface area contributed by atoms with Crippen molar-refractivity contribution in [3.8, 4) is 0 Å². The Morgan fingerprint density at radius 3 is 2.55 bits per heavy atom. The van der Waals surface area contributed by atoms with Crippen LogP contribution in [0.4, 0.5) is 4.79 Å². The van der Waals surface area contributed by atoms with Crippen LogP contribution >= 0.6 is 24.0 Å². The van der Waals surface area contributed by atoms with E-state index in [1.165, 1.54) is 0 Å². The lowest BCUT2D eigenvalue weighted by Gasteiger charge is -2.38. The summed E-state index contributed by atoms with van der Waals surface area (Å²) in [6, 6.07) is 0.0808. The van der Waals surface area contributed by atoms with Crippen molar-refractivity contribution in [2.75, 3.05) is 45.9 Å². The zero-order chi connectivity index (χ0) is 21.6. The van der Waals surface area contributed by atoms with Crippen molar-refractivity contribution in [2.45, 2.75) is 83.6 Å². The molecule has 3 unspecified atom stereocenters. The molecule has 3 atom stereocenters. The van der Waals surface area contributed by atoms with E-state index in [2.05, 4.69) is 17.1 Å². The number of rotatable bonds is 4. The number of carbonyl (C=O) groups excluding carboxylic acids is 1. The van der Waals surface area contributed by atoms with Crippen LogP contribution in [0.5, 0.6) is 0 Å². The SMILES string of the molecule is CCNC(=NCC1CCCCN1C(=O)OC(C)(C)C)N1CCOC(C2CCCO2)C1.I. The van der Waals surface area contributed by atoms with Gasteiger partial charge in [0.15, 0.2) is 5.96 Å². The number of hydrogen-bond acceptors (Lipinski definition) is 5. The molecule has 31 heavy (non-hydrogen) atoms. The molecule has 0 spiro atoms. The van der Waals surface area contributed by atoms with E-state index in [0.717, 1.165) is 70.8 Å². The number of likely N-dealkylation sites (tertiary alicyclic amines) is 1. The molecule has 3 fully saturated rings. The molecule has 0 aromatic rings. The highest BCUT2D eigenvalue weighted by atomic mass is 127. The number of hydrogen-bond donors (Lipinski definition) is 1. The number of guanidine groups is 1. The van der Waals surface area contributed by atoms with Crippen molar-refractivity contribution < 1.29 is 19.0 Å². The number of amides is 1. The van der Waals surface area contributed by atoms with Gasteiger partial charge in [-0.25, -0.2) is 4.79 Å². The van der Waals surface area contributed by atoms with Crippen LogP contribution in [0.15, 0.2) is 4.99 Å². The number of carbonyl (C=O) groups is 1. The highest BCUT2D eigenvalue weighted by molar-refractivity contribution is 14.0. The molecular weight excluding hydrogens is 511 g/mol. The standard InChI is InChI=1S/C22H40N4O4.HI/c1-5-23-20(25-12-14-29-19(16-25)18-10-8-13-28-18)24-15-17-9-6-7-11-26(17)21(27)30-22(2,3)4;/h17-19H,5-16H2,1-4H3,(H,23,24);1H. The van der Waals surface area contributed by atoms with Gasteiger partial charge in [0.2, 0.25) is 0 Å². The zero-order valence-electron chi connectivity index (χ0n) is 19.6. The average Bonchev–Trinajstić information content (AvgIpc) is 3.25. The number of nitrogens with one attached hydrogen (secondary N) is 1. The van der Waals surface area contributed by atoms with Crippen LogP contribution in [-0.4, -0.2) is 91.6 Å². The number of aliphatic imine (C=N–C) groups is 1. The third-order valence-corrected chi connectivity index (χ3v) is 5.81. The summed E-state index contributed by atoms with van der Waals surface area (Å²) in [7, 11) is 0. The van der Waals surface area contributed by atoms with Crippen molar-refractivity contribution in [1.82, 2.24) is 15.1 Å². The summed E-state index contributed by atoms with van der Waals surface area (Å²) in [5, 5.41) is 3.43. The molecule has 8 nitrogen and oxygen atoms in total. The number of halogens is 1. The van der Waals surface area contributed by atoms with Crippen molar-refractivity contribution in [3.63, 3.8) is 0 Å². The first-order valence-corrected chi connectivity index (χ1v) is 11.6. The number of morpholine rings is 1. The Morgan fingerprint density at radius 2 is 1.87 bits per heavy atom. The van der Waals surface area contributed by atoms with Crippen LogP contribution in [0, 0.1) is 0 Å². The van der Waals surface area contributed by atoms with Gasteiger partial charge in [0, 0.05) is 32.8 Å². The summed E-state index contributed by atoms with van der Waals surface area (Å²) in [5.74, 6) is 0.901.